The number of nitrogens with one attached hydrogen (secondary N) is 2. The Balaban J connectivity index is 0.00000480. The van der Waals surface area contributed by atoms with Crippen LogP contribution in [-0.2, 0) is 16.4 Å². The molecule has 0 amide bonds. The fourth-order valence-electron chi connectivity index (χ4n) is 3.03. The number of benzene rings is 2. The number of halogens is 1. The highest BCUT2D eigenvalue weighted by molar-refractivity contribution is 14.0. The maximum Gasteiger partial charge on any atom is 0.191 e. The summed E-state index contributed by atoms with van der Waals surface area (Å²) < 4.78 is 29.3. The molecule has 0 saturated carbocycles. The van der Waals surface area contributed by atoms with E-state index < -0.39 is 9.84 Å². The van der Waals surface area contributed by atoms with Crippen molar-refractivity contribution < 1.29 is 13.2 Å². The van der Waals surface area contributed by atoms with Gasteiger partial charge in [-0.3, -0.25) is 0 Å². The molecular formula is C23H34IN3O3S. The van der Waals surface area contributed by atoms with Crippen LogP contribution in [0.2, 0.25) is 0 Å². The molecule has 0 bridgehead atoms. The van der Waals surface area contributed by atoms with Crippen LogP contribution in [0, 0.1) is 6.92 Å². The number of nitrogens with zero attached hydrogens (tertiary/aromatic N) is 1. The van der Waals surface area contributed by atoms with Gasteiger partial charge >= 0.3 is 0 Å². The average Bonchev–Trinajstić information content (AvgIpc) is 2.68. The molecule has 0 aliphatic rings. The van der Waals surface area contributed by atoms with Crippen LogP contribution in [0.3, 0.4) is 0 Å². The Bertz CT molecular complexity index is 959. The molecule has 2 aromatic rings. The molecule has 0 aliphatic carbocycles. The lowest BCUT2D eigenvalue weighted by atomic mass is 10.0. The zero-order valence-electron chi connectivity index (χ0n) is 18.9. The van der Waals surface area contributed by atoms with Gasteiger partial charge in [0.1, 0.15) is 12.4 Å². The topological polar surface area (TPSA) is 79.8 Å². The fourth-order valence-corrected chi connectivity index (χ4v) is 3.98. The number of aryl methyl sites for hydroxylation is 1. The summed E-state index contributed by atoms with van der Waals surface area (Å²) in [5.41, 5.74) is 2.99. The third-order valence-electron chi connectivity index (χ3n) is 4.61. The number of hydrogen-bond acceptors (Lipinski definition) is 4. The Morgan fingerprint density at radius 2 is 1.77 bits per heavy atom. The predicted octanol–water partition coefficient (Wildman–Crippen LogP) is 4.27. The van der Waals surface area contributed by atoms with E-state index in [0.717, 1.165) is 23.4 Å². The molecule has 0 saturated heterocycles. The summed E-state index contributed by atoms with van der Waals surface area (Å²) in [5, 5.41) is 6.47. The summed E-state index contributed by atoms with van der Waals surface area (Å²) in [7, 11) is -3.21. The first-order valence-corrected chi connectivity index (χ1v) is 12.1. The van der Waals surface area contributed by atoms with Crippen LogP contribution in [-0.4, -0.2) is 40.3 Å². The molecule has 0 radical (unpaired) electrons. The van der Waals surface area contributed by atoms with Gasteiger partial charge < -0.3 is 15.4 Å². The van der Waals surface area contributed by atoms with Gasteiger partial charge in [0.25, 0.3) is 0 Å². The fraction of sp³-hybridized carbons (Fsp3) is 0.435. The van der Waals surface area contributed by atoms with Gasteiger partial charge in [-0.15, -0.1) is 24.0 Å². The predicted molar refractivity (Wildman–Crippen MR) is 139 cm³/mol. The Morgan fingerprint density at radius 1 is 1.10 bits per heavy atom. The monoisotopic (exact) mass is 559 g/mol. The summed E-state index contributed by atoms with van der Waals surface area (Å²) in [6.07, 6.45) is 1.22. The zero-order chi connectivity index (χ0) is 22.1. The van der Waals surface area contributed by atoms with Gasteiger partial charge in [0.2, 0.25) is 0 Å². The molecule has 6 nitrogen and oxygen atoms in total. The Labute approximate surface area is 203 Å². The lowest BCUT2D eigenvalue weighted by Crippen LogP contribution is -2.39. The van der Waals surface area contributed by atoms with Crippen molar-refractivity contribution in [3.63, 3.8) is 0 Å². The highest BCUT2D eigenvalue weighted by atomic mass is 127. The number of rotatable bonds is 9. The van der Waals surface area contributed by atoms with E-state index in [4.69, 9.17) is 4.74 Å². The third-order valence-corrected chi connectivity index (χ3v) is 5.87. The van der Waals surface area contributed by atoms with Crippen LogP contribution < -0.4 is 15.4 Å². The molecular weight excluding hydrogens is 525 g/mol. The van der Waals surface area contributed by atoms with E-state index in [-0.39, 0.29) is 24.0 Å². The number of hydrogen-bond donors (Lipinski definition) is 2. The van der Waals surface area contributed by atoms with Gasteiger partial charge in [0.15, 0.2) is 15.8 Å². The van der Waals surface area contributed by atoms with Crippen molar-refractivity contribution in [2.24, 2.45) is 4.99 Å². The highest BCUT2D eigenvalue weighted by Crippen LogP contribution is 2.18. The van der Waals surface area contributed by atoms with Crippen LogP contribution in [0.1, 0.15) is 43.4 Å². The Hall–Kier alpha value is -1.81. The highest BCUT2D eigenvalue weighted by Gasteiger charge is 2.10. The largest absolute Gasteiger partial charge is 0.492 e. The lowest BCUT2D eigenvalue weighted by Gasteiger charge is -2.13. The quantitative estimate of drug-likeness (QED) is 0.208. The summed E-state index contributed by atoms with van der Waals surface area (Å²) in [6.45, 7) is 10.5. The third kappa shape index (κ3) is 9.06. The van der Waals surface area contributed by atoms with Crippen molar-refractivity contribution in [3.8, 4) is 5.75 Å². The maximum atomic E-state index is 11.8. The minimum Gasteiger partial charge on any atom is -0.492 e. The second-order valence-corrected chi connectivity index (χ2v) is 9.55. The van der Waals surface area contributed by atoms with Crippen LogP contribution >= 0.6 is 24.0 Å². The van der Waals surface area contributed by atoms with E-state index in [1.54, 1.807) is 19.1 Å². The van der Waals surface area contributed by atoms with E-state index in [1.165, 1.54) is 11.8 Å². The van der Waals surface area contributed by atoms with Crippen molar-refractivity contribution in [1.82, 2.24) is 10.6 Å². The van der Waals surface area contributed by atoms with Crippen LogP contribution in [0.15, 0.2) is 52.4 Å². The lowest BCUT2D eigenvalue weighted by molar-refractivity contribution is 0.322. The number of guanidine groups is 1. The smallest absolute Gasteiger partial charge is 0.191 e. The van der Waals surface area contributed by atoms with Crippen LogP contribution in [0.4, 0.5) is 0 Å². The molecule has 0 unspecified atom stereocenters. The van der Waals surface area contributed by atoms with Crippen molar-refractivity contribution in [2.45, 2.75) is 45.1 Å². The van der Waals surface area contributed by atoms with Gasteiger partial charge in [-0.05, 0) is 54.7 Å². The summed E-state index contributed by atoms with van der Waals surface area (Å²) in [6, 6.07) is 13.5. The Morgan fingerprint density at radius 3 is 2.32 bits per heavy atom. The average molecular weight is 560 g/mol. The van der Waals surface area contributed by atoms with E-state index in [2.05, 4.69) is 41.6 Å². The minimum atomic E-state index is -3.21. The standard InChI is InChI=1S/C23H33N3O3S.HI/c1-6-24-23(25-13-14-29-21-10-8-20(9-11-21)17(2)3)26-16-19-7-12-22(18(4)15-19)30(5,27)28;/h7-12,15,17H,6,13-14,16H2,1-5H3,(H2,24,25,26);1H. The molecule has 0 aliphatic heterocycles. The van der Waals surface area contributed by atoms with Gasteiger partial charge in [0.05, 0.1) is 18.0 Å². The molecule has 0 spiro atoms. The van der Waals surface area contributed by atoms with Crippen molar-refractivity contribution in [2.75, 3.05) is 26.0 Å². The molecule has 31 heavy (non-hydrogen) atoms. The normalized spacial score (nSPS) is 11.7. The first kappa shape index (κ1) is 27.2. The molecule has 0 fully saturated rings. The van der Waals surface area contributed by atoms with Gasteiger partial charge in [-0.25, -0.2) is 13.4 Å². The van der Waals surface area contributed by atoms with Crippen molar-refractivity contribution >= 4 is 39.8 Å². The van der Waals surface area contributed by atoms with Gasteiger partial charge in [-0.1, -0.05) is 38.1 Å². The summed E-state index contributed by atoms with van der Waals surface area (Å²) >= 11 is 0. The summed E-state index contributed by atoms with van der Waals surface area (Å²) in [4.78, 5) is 4.94. The van der Waals surface area contributed by atoms with Crippen LogP contribution in [0.5, 0.6) is 5.75 Å². The molecule has 0 atom stereocenters. The van der Waals surface area contributed by atoms with Crippen molar-refractivity contribution in [1.29, 1.82) is 0 Å². The Kier molecular flexibility index (Phi) is 11.3. The zero-order valence-corrected chi connectivity index (χ0v) is 22.1. The van der Waals surface area contributed by atoms with E-state index in [0.29, 0.717) is 36.5 Å². The molecule has 0 aromatic heterocycles. The molecule has 0 heterocycles. The second-order valence-electron chi connectivity index (χ2n) is 7.57. The minimum absolute atomic E-state index is 0. The van der Waals surface area contributed by atoms with Gasteiger partial charge in [-0.2, -0.15) is 0 Å². The second kappa shape index (κ2) is 12.9. The number of sulfone groups is 1. The molecule has 2 N–H and O–H groups in total. The molecule has 172 valence electrons. The molecule has 2 aromatic carbocycles. The van der Waals surface area contributed by atoms with Gasteiger partial charge in [0, 0.05) is 12.8 Å². The number of aliphatic imine (C=N–C) groups is 1. The van der Waals surface area contributed by atoms with E-state index >= 15 is 0 Å². The number of ether oxygens (including phenoxy) is 1. The first-order chi connectivity index (χ1) is 14.2. The SMILES string of the molecule is CCNC(=NCc1ccc(S(C)(=O)=O)c(C)c1)NCCOc1ccc(C(C)C)cc1.I. The summed E-state index contributed by atoms with van der Waals surface area (Å²) in [5.74, 6) is 2.05. The van der Waals surface area contributed by atoms with Crippen LogP contribution in [0.25, 0.3) is 0 Å². The molecule has 2 rings (SSSR count). The first-order valence-electron chi connectivity index (χ1n) is 10.2. The van der Waals surface area contributed by atoms with Crippen molar-refractivity contribution in [3.05, 3.63) is 59.2 Å². The van der Waals surface area contributed by atoms with E-state index in [9.17, 15) is 8.42 Å². The van der Waals surface area contributed by atoms with E-state index in [1.807, 2.05) is 25.1 Å². The molecule has 8 heteroatoms. The maximum absolute atomic E-state index is 11.8.